The molecule has 0 aromatic heterocycles. The Hall–Kier alpha value is -0.560. The van der Waals surface area contributed by atoms with E-state index >= 15 is 0 Å². The summed E-state index contributed by atoms with van der Waals surface area (Å²) in [5, 5.41) is 0. The van der Waals surface area contributed by atoms with Gasteiger partial charge in [0.15, 0.2) is 0 Å². The minimum Gasteiger partial charge on any atom is -0.309 e. The van der Waals surface area contributed by atoms with Crippen LogP contribution in [0.1, 0.15) is 162 Å². The van der Waals surface area contributed by atoms with E-state index in [9.17, 15) is 0 Å². The average Bonchev–Trinajstić information content (AvgIpc) is 2.82. The third-order valence-electron chi connectivity index (χ3n) is 7.12. The van der Waals surface area contributed by atoms with Crippen LogP contribution in [-0.4, -0.2) is 25.5 Å². The highest BCUT2D eigenvalue weighted by Crippen LogP contribution is 2.20. The highest BCUT2D eigenvalue weighted by molar-refractivity contribution is 4.81. The van der Waals surface area contributed by atoms with Crippen molar-refractivity contribution in [2.75, 3.05) is 20.6 Å². The Morgan fingerprint density at radius 1 is 0.441 bits per heavy atom. The number of unbranched alkanes of at least 4 members (excludes halogenated alkanes) is 17. The molecule has 202 valence electrons. The Bertz CT molecular complexity index is 422. The lowest BCUT2D eigenvalue weighted by molar-refractivity contribution is 0.286. The first-order chi connectivity index (χ1) is 16.7. The number of hydrogen-bond donors (Lipinski definition) is 0. The highest BCUT2D eigenvalue weighted by atomic mass is 15.1. The van der Waals surface area contributed by atoms with Gasteiger partial charge in [-0.3, -0.25) is 0 Å². The minimum absolute atomic E-state index is 0.919. The summed E-state index contributed by atoms with van der Waals surface area (Å²) in [7, 11) is 4.51. The number of rotatable bonds is 27. The first-order valence-electron chi connectivity index (χ1n) is 15.6. The van der Waals surface area contributed by atoms with Gasteiger partial charge in [-0.25, -0.2) is 0 Å². The van der Waals surface area contributed by atoms with Crippen LogP contribution in [0.5, 0.6) is 0 Å². The summed E-state index contributed by atoms with van der Waals surface area (Å²) in [6, 6.07) is 0. The van der Waals surface area contributed by atoms with Crippen molar-refractivity contribution in [1.82, 2.24) is 4.90 Å². The Labute approximate surface area is 217 Å². The maximum Gasteiger partial charge on any atom is 0.000356 e. The lowest BCUT2D eigenvalue weighted by atomic mass is 9.93. The molecule has 1 unspecified atom stereocenters. The molecule has 0 saturated carbocycles. The van der Waals surface area contributed by atoms with E-state index < -0.39 is 0 Å². The molecule has 1 atom stereocenters. The summed E-state index contributed by atoms with van der Waals surface area (Å²) >= 11 is 0. The maximum atomic E-state index is 2.41. The van der Waals surface area contributed by atoms with Crippen molar-refractivity contribution in [3.63, 3.8) is 0 Å². The van der Waals surface area contributed by atoms with Crippen molar-refractivity contribution < 1.29 is 0 Å². The van der Waals surface area contributed by atoms with Crippen LogP contribution in [-0.2, 0) is 0 Å². The molecule has 0 saturated heterocycles. The van der Waals surface area contributed by atoms with Gasteiger partial charge < -0.3 is 4.90 Å². The molecule has 0 amide bonds. The third-order valence-corrected chi connectivity index (χ3v) is 7.12. The van der Waals surface area contributed by atoms with Crippen LogP contribution >= 0.6 is 0 Å². The Kier molecular flexibility index (Phi) is 28.2. The molecule has 0 aromatic carbocycles. The molecule has 0 heterocycles. The van der Waals surface area contributed by atoms with E-state index in [1.54, 1.807) is 0 Å². The van der Waals surface area contributed by atoms with Crippen LogP contribution in [0.15, 0.2) is 24.3 Å². The number of nitrogens with zero attached hydrogens (tertiary/aromatic N) is 1. The van der Waals surface area contributed by atoms with Gasteiger partial charge in [-0.1, -0.05) is 134 Å². The Morgan fingerprint density at radius 2 is 0.765 bits per heavy atom. The van der Waals surface area contributed by atoms with Gasteiger partial charge in [0.05, 0.1) is 0 Å². The summed E-state index contributed by atoms with van der Waals surface area (Å²) in [5.74, 6) is 0.919. The van der Waals surface area contributed by atoms with Crippen LogP contribution < -0.4 is 0 Å². The summed E-state index contributed by atoms with van der Waals surface area (Å²) in [6.45, 7) is 5.83. The second-order valence-electron chi connectivity index (χ2n) is 11.1. The normalized spacial score (nSPS) is 13.1. The van der Waals surface area contributed by atoms with Gasteiger partial charge >= 0.3 is 0 Å². The van der Waals surface area contributed by atoms with Crippen molar-refractivity contribution in [2.45, 2.75) is 162 Å². The zero-order valence-electron chi connectivity index (χ0n) is 24.3. The molecule has 0 N–H and O–H groups in total. The van der Waals surface area contributed by atoms with Gasteiger partial charge in [0.1, 0.15) is 0 Å². The summed E-state index contributed by atoms with van der Waals surface area (Å²) < 4.78 is 0. The fraction of sp³-hybridized carbons (Fsp3) is 0.879. The van der Waals surface area contributed by atoms with E-state index in [1.807, 2.05) is 0 Å². The smallest absolute Gasteiger partial charge is 0.000356 e. The predicted molar refractivity (Wildman–Crippen MR) is 158 cm³/mol. The van der Waals surface area contributed by atoms with E-state index in [0.29, 0.717) is 0 Å². The molecule has 0 aliphatic carbocycles. The second-order valence-corrected chi connectivity index (χ2v) is 11.1. The number of hydrogen-bond acceptors (Lipinski definition) is 1. The molecule has 1 heteroatoms. The van der Waals surface area contributed by atoms with Gasteiger partial charge in [0.2, 0.25) is 0 Å². The van der Waals surface area contributed by atoms with Gasteiger partial charge in [0, 0.05) is 6.54 Å². The summed E-state index contributed by atoms with van der Waals surface area (Å²) in [5.41, 5.74) is 0. The van der Waals surface area contributed by atoms with Crippen LogP contribution in [0.4, 0.5) is 0 Å². The van der Waals surface area contributed by atoms with Crippen molar-refractivity contribution in [3.05, 3.63) is 24.3 Å². The fourth-order valence-electron chi connectivity index (χ4n) is 4.94. The van der Waals surface area contributed by atoms with Gasteiger partial charge in [-0.2, -0.15) is 0 Å². The van der Waals surface area contributed by atoms with Crippen LogP contribution in [0.25, 0.3) is 0 Å². The number of allylic oxidation sites excluding steroid dienone is 4. The first kappa shape index (κ1) is 33.4. The largest absolute Gasteiger partial charge is 0.309 e. The summed E-state index contributed by atoms with van der Waals surface area (Å²) in [6.07, 6.45) is 41.7. The quantitative estimate of drug-likeness (QED) is 0.0843. The van der Waals surface area contributed by atoms with Gasteiger partial charge in [-0.05, 0) is 71.4 Å². The molecule has 0 aliphatic heterocycles. The zero-order valence-corrected chi connectivity index (χ0v) is 24.3. The first-order valence-corrected chi connectivity index (χ1v) is 15.6. The lowest BCUT2D eigenvalue weighted by Gasteiger charge is -2.21. The molecule has 0 aliphatic rings. The molecule has 0 spiro atoms. The van der Waals surface area contributed by atoms with Crippen molar-refractivity contribution in [1.29, 1.82) is 0 Å². The lowest BCUT2D eigenvalue weighted by Crippen LogP contribution is -2.21. The van der Waals surface area contributed by atoms with Crippen molar-refractivity contribution in [2.24, 2.45) is 5.92 Å². The standard InChI is InChI=1S/C33H65N/c1-5-7-9-11-13-15-17-19-21-23-25-27-29-31-33(32-34(3)4)30-28-26-24-22-20-18-16-14-12-10-8-6-2/h11-14,33H,5-10,15-32H2,1-4H3/b13-11-,14-12-. The Morgan fingerprint density at radius 3 is 1.12 bits per heavy atom. The maximum absolute atomic E-state index is 2.41. The SMILES string of the molecule is CCCC/C=C\CCCCCCCCCC(CCCCCCCC/C=C\CCCC)CN(C)C. The molecular formula is C33H65N. The van der Waals surface area contributed by atoms with Gasteiger partial charge in [-0.15, -0.1) is 0 Å². The fourth-order valence-corrected chi connectivity index (χ4v) is 4.94. The van der Waals surface area contributed by atoms with E-state index in [2.05, 4.69) is 57.1 Å². The van der Waals surface area contributed by atoms with Crippen LogP contribution in [0.2, 0.25) is 0 Å². The average molecular weight is 476 g/mol. The van der Waals surface area contributed by atoms with Crippen LogP contribution in [0, 0.1) is 5.92 Å². The Balaban J connectivity index is 3.58. The molecule has 0 bridgehead atoms. The molecule has 0 radical (unpaired) electrons. The molecule has 0 fully saturated rings. The van der Waals surface area contributed by atoms with Crippen LogP contribution in [0.3, 0.4) is 0 Å². The predicted octanol–water partition coefficient (Wildman–Crippen LogP) is 11.3. The zero-order chi connectivity index (χ0) is 25.0. The molecular weight excluding hydrogens is 410 g/mol. The highest BCUT2D eigenvalue weighted by Gasteiger charge is 2.09. The summed E-state index contributed by atoms with van der Waals surface area (Å²) in [4.78, 5) is 2.41. The third kappa shape index (κ3) is 27.7. The van der Waals surface area contributed by atoms with E-state index in [-0.39, 0.29) is 0 Å². The second kappa shape index (κ2) is 28.7. The van der Waals surface area contributed by atoms with E-state index in [1.165, 1.54) is 154 Å². The van der Waals surface area contributed by atoms with Crippen molar-refractivity contribution in [3.8, 4) is 0 Å². The van der Waals surface area contributed by atoms with E-state index in [0.717, 1.165) is 5.92 Å². The monoisotopic (exact) mass is 476 g/mol. The van der Waals surface area contributed by atoms with Crippen molar-refractivity contribution >= 4 is 0 Å². The van der Waals surface area contributed by atoms with E-state index in [4.69, 9.17) is 0 Å². The minimum atomic E-state index is 0.919. The molecule has 1 nitrogen and oxygen atoms in total. The topological polar surface area (TPSA) is 3.24 Å². The molecule has 34 heavy (non-hydrogen) atoms. The molecule has 0 rings (SSSR count). The molecule has 0 aromatic rings. The van der Waals surface area contributed by atoms with Gasteiger partial charge in [0.25, 0.3) is 0 Å².